The number of hydrogen-bond donors (Lipinski definition) is 0. The molecule has 0 spiro atoms. The normalized spacial score (nSPS) is 15.0. The molecule has 0 radical (unpaired) electrons. The van der Waals surface area contributed by atoms with Crippen molar-refractivity contribution in [1.82, 2.24) is 9.21 Å². The number of piperazine rings is 1. The van der Waals surface area contributed by atoms with Gasteiger partial charge < -0.3 is 14.4 Å². The first kappa shape index (κ1) is 23.0. The van der Waals surface area contributed by atoms with Crippen molar-refractivity contribution < 1.29 is 27.1 Å². The standard InChI is InChI=1S/C22H27FN2O5S/c1-2-29-19-9-4-5-10-20(19)30-17-7-12-22(26)24-13-15-25(16-14-24)31(27,28)21-11-6-3-8-18(21)23/h3-6,8-11H,2,7,12-17H2,1H3. The van der Waals surface area contributed by atoms with E-state index in [4.69, 9.17) is 9.47 Å². The molecule has 1 fully saturated rings. The van der Waals surface area contributed by atoms with Crippen molar-refractivity contribution in [2.24, 2.45) is 0 Å². The monoisotopic (exact) mass is 450 g/mol. The molecule has 1 aliphatic rings. The Labute approximate surface area is 182 Å². The van der Waals surface area contributed by atoms with Crippen LogP contribution in [0.3, 0.4) is 0 Å². The predicted molar refractivity (Wildman–Crippen MR) is 114 cm³/mol. The van der Waals surface area contributed by atoms with Crippen molar-refractivity contribution >= 4 is 15.9 Å². The maximum absolute atomic E-state index is 13.9. The molecule has 0 atom stereocenters. The molecule has 1 heterocycles. The predicted octanol–water partition coefficient (Wildman–Crippen LogP) is 2.92. The number of rotatable bonds is 9. The maximum Gasteiger partial charge on any atom is 0.246 e. The number of benzene rings is 2. The average molecular weight is 451 g/mol. The molecule has 7 nitrogen and oxygen atoms in total. The van der Waals surface area contributed by atoms with Gasteiger partial charge in [-0.25, -0.2) is 12.8 Å². The summed E-state index contributed by atoms with van der Waals surface area (Å²) in [5, 5.41) is 0. The summed E-state index contributed by atoms with van der Waals surface area (Å²) in [4.78, 5) is 13.8. The minimum Gasteiger partial charge on any atom is -0.490 e. The van der Waals surface area contributed by atoms with Crippen LogP contribution in [-0.4, -0.2) is 62.9 Å². The fraction of sp³-hybridized carbons (Fsp3) is 0.409. The zero-order chi connectivity index (χ0) is 22.3. The van der Waals surface area contributed by atoms with Crippen LogP contribution in [0.15, 0.2) is 53.4 Å². The third-order valence-electron chi connectivity index (χ3n) is 4.99. The number of ether oxygens (including phenoxy) is 2. The lowest BCUT2D eigenvalue weighted by Gasteiger charge is -2.34. The van der Waals surface area contributed by atoms with Gasteiger partial charge in [-0.05, 0) is 37.6 Å². The van der Waals surface area contributed by atoms with E-state index < -0.39 is 15.8 Å². The van der Waals surface area contributed by atoms with Gasteiger partial charge in [0.2, 0.25) is 15.9 Å². The second-order valence-corrected chi connectivity index (χ2v) is 8.95. The summed E-state index contributed by atoms with van der Waals surface area (Å²) >= 11 is 0. The van der Waals surface area contributed by atoms with Crippen molar-refractivity contribution in [3.8, 4) is 11.5 Å². The number of nitrogens with zero attached hydrogens (tertiary/aromatic N) is 2. The van der Waals surface area contributed by atoms with Crippen LogP contribution in [0, 0.1) is 5.82 Å². The van der Waals surface area contributed by atoms with E-state index in [2.05, 4.69) is 0 Å². The van der Waals surface area contributed by atoms with E-state index in [1.54, 1.807) is 4.90 Å². The van der Waals surface area contributed by atoms with E-state index in [0.29, 0.717) is 37.6 Å². The Kier molecular flexibility index (Phi) is 7.86. The molecule has 3 rings (SSSR count). The van der Waals surface area contributed by atoms with Crippen molar-refractivity contribution in [2.45, 2.75) is 24.7 Å². The summed E-state index contributed by atoms with van der Waals surface area (Å²) in [5.41, 5.74) is 0. The van der Waals surface area contributed by atoms with Crippen LogP contribution in [0.1, 0.15) is 19.8 Å². The zero-order valence-electron chi connectivity index (χ0n) is 17.5. The molecule has 0 saturated carbocycles. The van der Waals surface area contributed by atoms with Crippen molar-refractivity contribution in [3.05, 3.63) is 54.3 Å². The van der Waals surface area contributed by atoms with Gasteiger partial charge in [0.25, 0.3) is 0 Å². The maximum atomic E-state index is 13.9. The summed E-state index contributed by atoms with van der Waals surface area (Å²) < 4.78 is 51.7. The molecule has 1 amide bonds. The van der Waals surface area contributed by atoms with E-state index in [9.17, 15) is 17.6 Å². The second kappa shape index (κ2) is 10.6. The van der Waals surface area contributed by atoms with Crippen molar-refractivity contribution in [3.63, 3.8) is 0 Å². The molecule has 9 heteroatoms. The molecule has 0 bridgehead atoms. The molecule has 2 aromatic carbocycles. The number of hydrogen-bond acceptors (Lipinski definition) is 5. The van der Waals surface area contributed by atoms with E-state index in [1.807, 2.05) is 31.2 Å². The molecule has 0 N–H and O–H groups in total. The smallest absolute Gasteiger partial charge is 0.246 e. The topological polar surface area (TPSA) is 76.2 Å². The fourth-order valence-corrected chi connectivity index (χ4v) is 4.87. The van der Waals surface area contributed by atoms with Gasteiger partial charge in [0.05, 0.1) is 13.2 Å². The first-order valence-corrected chi connectivity index (χ1v) is 11.7. The van der Waals surface area contributed by atoms with Crippen LogP contribution in [0.25, 0.3) is 0 Å². The highest BCUT2D eigenvalue weighted by molar-refractivity contribution is 7.89. The van der Waals surface area contributed by atoms with E-state index in [-0.39, 0.29) is 37.0 Å². The highest BCUT2D eigenvalue weighted by Gasteiger charge is 2.31. The largest absolute Gasteiger partial charge is 0.490 e. The fourth-order valence-electron chi connectivity index (χ4n) is 3.38. The Hall–Kier alpha value is -2.65. The molecule has 2 aromatic rings. The number of carbonyl (C=O) groups excluding carboxylic acids is 1. The van der Waals surface area contributed by atoms with Crippen molar-refractivity contribution in [1.29, 1.82) is 0 Å². The Morgan fingerprint density at radius 2 is 1.58 bits per heavy atom. The number of sulfonamides is 1. The third-order valence-corrected chi connectivity index (χ3v) is 6.92. The van der Waals surface area contributed by atoms with Crippen LogP contribution in [-0.2, 0) is 14.8 Å². The molecule has 0 aromatic heterocycles. The molecule has 0 unspecified atom stereocenters. The second-order valence-electron chi connectivity index (χ2n) is 7.05. The summed E-state index contributed by atoms with van der Waals surface area (Å²) in [5.74, 6) is 0.490. The van der Waals surface area contributed by atoms with Gasteiger partial charge in [-0.2, -0.15) is 4.31 Å². The van der Waals surface area contributed by atoms with Crippen LogP contribution in [0.4, 0.5) is 4.39 Å². The van der Waals surface area contributed by atoms with Gasteiger partial charge in [-0.15, -0.1) is 0 Å². The first-order valence-electron chi connectivity index (χ1n) is 10.3. The van der Waals surface area contributed by atoms with Crippen LogP contribution < -0.4 is 9.47 Å². The first-order chi connectivity index (χ1) is 14.9. The third kappa shape index (κ3) is 5.74. The molecule has 1 saturated heterocycles. The zero-order valence-corrected chi connectivity index (χ0v) is 18.3. The minimum atomic E-state index is -3.91. The highest BCUT2D eigenvalue weighted by atomic mass is 32.2. The summed E-state index contributed by atoms with van der Waals surface area (Å²) in [7, 11) is -3.91. The van der Waals surface area contributed by atoms with Crippen molar-refractivity contribution in [2.75, 3.05) is 39.4 Å². The SMILES string of the molecule is CCOc1ccccc1OCCCC(=O)N1CCN(S(=O)(=O)c2ccccc2F)CC1. The lowest BCUT2D eigenvalue weighted by atomic mass is 10.2. The minimum absolute atomic E-state index is 0.0513. The van der Waals surface area contributed by atoms with Gasteiger partial charge >= 0.3 is 0 Å². The van der Waals surface area contributed by atoms with Gasteiger partial charge in [-0.3, -0.25) is 4.79 Å². The Balaban J connectivity index is 1.45. The van der Waals surface area contributed by atoms with Gasteiger partial charge in [-0.1, -0.05) is 24.3 Å². The summed E-state index contributed by atoms with van der Waals surface area (Å²) in [6.07, 6.45) is 0.837. The molecule has 0 aliphatic carbocycles. The average Bonchev–Trinajstić information content (AvgIpc) is 2.78. The van der Waals surface area contributed by atoms with Crippen LogP contribution in [0.5, 0.6) is 11.5 Å². The van der Waals surface area contributed by atoms with Crippen LogP contribution in [0.2, 0.25) is 0 Å². The molecule has 1 aliphatic heterocycles. The highest BCUT2D eigenvalue weighted by Crippen LogP contribution is 2.26. The van der Waals surface area contributed by atoms with Gasteiger partial charge in [0.15, 0.2) is 11.5 Å². The molecule has 168 valence electrons. The molecule has 31 heavy (non-hydrogen) atoms. The summed E-state index contributed by atoms with van der Waals surface area (Å²) in [6.45, 7) is 3.65. The molecular formula is C22H27FN2O5S. The Morgan fingerprint density at radius 1 is 0.968 bits per heavy atom. The number of para-hydroxylation sites is 2. The van der Waals surface area contributed by atoms with E-state index >= 15 is 0 Å². The number of halogens is 1. The summed E-state index contributed by atoms with van der Waals surface area (Å²) in [6, 6.07) is 12.7. The molecular weight excluding hydrogens is 423 g/mol. The van der Waals surface area contributed by atoms with E-state index in [0.717, 1.165) is 6.07 Å². The lowest BCUT2D eigenvalue weighted by molar-refractivity contribution is -0.132. The van der Waals surface area contributed by atoms with Gasteiger partial charge in [0.1, 0.15) is 10.7 Å². The number of carbonyl (C=O) groups is 1. The lowest BCUT2D eigenvalue weighted by Crippen LogP contribution is -2.50. The Morgan fingerprint density at radius 3 is 2.23 bits per heavy atom. The quantitative estimate of drug-likeness (QED) is 0.549. The van der Waals surface area contributed by atoms with Gasteiger partial charge in [0, 0.05) is 32.6 Å². The van der Waals surface area contributed by atoms with Crippen LogP contribution >= 0.6 is 0 Å². The number of amides is 1. The Bertz CT molecular complexity index is 991. The van der Waals surface area contributed by atoms with E-state index in [1.165, 1.54) is 22.5 Å².